The molecule has 4 N–H and O–H groups in total. The quantitative estimate of drug-likeness (QED) is 0.389. The molecule has 11 heteroatoms. The van der Waals surface area contributed by atoms with E-state index in [1.807, 2.05) is 29.1 Å². The van der Waals surface area contributed by atoms with Crippen molar-refractivity contribution < 1.29 is 18.8 Å². The van der Waals surface area contributed by atoms with E-state index in [-0.39, 0.29) is 24.1 Å². The van der Waals surface area contributed by atoms with Crippen LogP contribution in [-0.2, 0) is 16.1 Å². The summed E-state index contributed by atoms with van der Waals surface area (Å²) in [7, 11) is 0. The van der Waals surface area contributed by atoms with Crippen LogP contribution in [0.25, 0.3) is 11.3 Å². The largest absolute Gasteiger partial charge is 0.385 e. The Bertz CT molecular complexity index is 1540. The summed E-state index contributed by atoms with van der Waals surface area (Å²) < 4.78 is 15.7. The molecule has 2 aliphatic heterocycles. The highest BCUT2D eigenvalue weighted by Gasteiger charge is 2.39. The highest BCUT2D eigenvalue weighted by molar-refractivity contribution is 6.05. The Balaban J connectivity index is 0.974. The third kappa shape index (κ3) is 4.39. The number of nitrogens with zero attached hydrogens (tertiary/aromatic N) is 4. The van der Waals surface area contributed by atoms with Crippen molar-refractivity contribution in [2.75, 3.05) is 17.6 Å². The van der Waals surface area contributed by atoms with Gasteiger partial charge in [-0.3, -0.25) is 24.4 Å². The second-order valence-corrected chi connectivity index (χ2v) is 11.4. The van der Waals surface area contributed by atoms with Gasteiger partial charge in [-0.1, -0.05) is 6.07 Å². The molecule has 0 spiro atoms. The van der Waals surface area contributed by atoms with E-state index in [1.165, 1.54) is 6.07 Å². The van der Waals surface area contributed by atoms with Crippen molar-refractivity contribution in [1.29, 1.82) is 0 Å². The van der Waals surface area contributed by atoms with Crippen LogP contribution in [0.3, 0.4) is 0 Å². The van der Waals surface area contributed by atoms with Gasteiger partial charge in [0.1, 0.15) is 6.04 Å². The molecule has 1 saturated heterocycles. The fourth-order valence-electron chi connectivity index (χ4n) is 6.07. The van der Waals surface area contributed by atoms with E-state index >= 15 is 0 Å². The van der Waals surface area contributed by atoms with Crippen LogP contribution >= 0.6 is 0 Å². The number of hydrogen-bond acceptors (Lipinski definition) is 7. The van der Waals surface area contributed by atoms with E-state index in [2.05, 4.69) is 15.6 Å². The van der Waals surface area contributed by atoms with E-state index in [9.17, 15) is 18.8 Å². The molecule has 7 rings (SSSR count). The van der Waals surface area contributed by atoms with Crippen molar-refractivity contribution in [2.24, 2.45) is 5.92 Å². The molecule has 0 bridgehead atoms. The summed E-state index contributed by atoms with van der Waals surface area (Å²) in [5.74, 6) is -0.587. The number of benzene rings is 1. The van der Waals surface area contributed by atoms with E-state index in [1.54, 1.807) is 11.0 Å². The first-order valence-corrected chi connectivity index (χ1v) is 13.9. The summed E-state index contributed by atoms with van der Waals surface area (Å²) in [6.45, 7) is 1.15. The number of nitrogen functional groups attached to an aromatic ring is 1. The molecule has 206 valence electrons. The van der Waals surface area contributed by atoms with Gasteiger partial charge in [-0.15, -0.1) is 0 Å². The lowest BCUT2D eigenvalue weighted by Crippen LogP contribution is -2.52. The van der Waals surface area contributed by atoms with Crippen molar-refractivity contribution in [2.45, 2.75) is 63.1 Å². The number of rotatable bonds is 7. The molecular formula is C29H30FN7O3. The second kappa shape index (κ2) is 9.42. The number of anilines is 2. The van der Waals surface area contributed by atoms with E-state index in [0.717, 1.165) is 54.7 Å². The van der Waals surface area contributed by atoms with Gasteiger partial charge in [-0.05, 0) is 67.9 Å². The SMILES string of the molecule is Nc1nc(-c2cn(C3CC(CNc4ccc5c(c4)C(=O)N(C4CCC(=O)NC4=O)C5)C3)nc2C2CC2)ccc1F. The summed E-state index contributed by atoms with van der Waals surface area (Å²) in [5.41, 5.74) is 10.7. The van der Waals surface area contributed by atoms with Crippen LogP contribution in [0.1, 0.15) is 72.1 Å². The fraction of sp³-hybridized carbons (Fsp3) is 0.414. The van der Waals surface area contributed by atoms with Gasteiger partial charge in [0.15, 0.2) is 11.6 Å². The predicted octanol–water partition coefficient (Wildman–Crippen LogP) is 3.37. The molecule has 0 radical (unpaired) electrons. The molecule has 1 atom stereocenters. The number of amides is 3. The summed E-state index contributed by atoms with van der Waals surface area (Å²) in [6, 6.07) is 8.47. The monoisotopic (exact) mass is 543 g/mol. The van der Waals surface area contributed by atoms with Crippen LogP contribution in [0.5, 0.6) is 0 Å². The highest BCUT2D eigenvalue weighted by Crippen LogP contribution is 2.45. The van der Waals surface area contributed by atoms with Crippen molar-refractivity contribution in [3.63, 3.8) is 0 Å². The number of nitrogens with one attached hydrogen (secondary N) is 2. The Labute approximate surface area is 230 Å². The van der Waals surface area contributed by atoms with Crippen molar-refractivity contribution in [3.05, 3.63) is 59.2 Å². The number of hydrogen-bond donors (Lipinski definition) is 3. The van der Waals surface area contributed by atoms with Gasteiger partial charge in [0.25, 0.3) is 5.91 Å². The third-order valence-corrected chi connectivity index (χ3v) is 8.58. The fourth-order valence-corrected chi connectivity index (χ4v) is 6.07. The molecule has 3 amide bonds. The van der Waals surface area contributed by atoms with Gasteiger partial charge in [-0.25, -0.2) is 9.37 Å². The number of imide groups is 1. The Morgan fingerprint density at radius 3 is 2.65 bits per heavy atom. The first-order valence-electron chi connectivity index (χ1n) is 13.9. The lowest BCUT2D eigenvalue weighted by molar-refractivity contribution is -0.136. The molecule has 10 nitrogen and oxygen atoms in total. The average Bonchev–Trinajstić information content (AvgIpc) is 3.59. The van der Waals surface area contributed by atoms with E-state index < -0.39 is 17.8 Å². The molecule has 1 aromatic carbocycles. The van der Waals surface area contributed by atoms with E-state index in [0.29, 0.717) is 42.1 Å². The van der Waals surface area contributed by atoms with Crippen LogP contribution < -0.4 is 16.4 Å². The lowest BCUT2D eigenvalue weighted by Gasteiger charge is -2.35. The molecule has 2 aromatic heterocycles. The summed E-state index contributed by atoms with van der Waals surface area (Å²) in [4.78, 5) is 42.7. The maximum atomic E-state index is 13.7. The van der Waals surface area contributed by atoms with Crippen molar-refractivity contribution in [1.82, 2.24) is 25.0 Å². The second-order valence-electron chi connectivity index (χ2n) is 11.4. The van der Waals surface area contributed by atoms with Gasteiger partial charge < -0.3 is 16.0 Å². The molecule has 4 heterocycles. The zero-order valence-corrected chi connectivity index (χ0v) is 21.9. The normalized spacial score (nSPS) is 24.1. The van der Waals surface area contributed by atoms with Gasteiger partial charge >= 0.3 is 0 Å². The summed E-state index contributed by atoms with van der Waals surface area (Å²) >= 11 is 0. The molecule has 3 aromatic rings. The zero-order chi connectivity index (χ0) is 27.5. The Morgan fingerprint density at radius 1 is 1.07 bits per heavy atom. The first-order chi connectivity index (χ1) is 19.3. The maximum Gasteiger partial charge on any atom is 0.255 e. The molecule has 2 saturated carbocycles. The van der Waals surface area contributed by atoms with Crippen LogP contribution in [0.4, 0.5) is 15.9 Å². The van der Waals surface area contributed by atoms with Crippen LogP contribution in [0.2, 0.25) is 0 Å². The molecule has 40 heavy (non-hydrogen) atoms. The van der Waals surface area contributed by atoms with Gasteiger partial charge in [0.2, 0.25) is 11.8 Å². The Kier molecular flexibility index (Phi) is 5.83. The number of carbonyl (C=O) groups excluding carboxylic acids is 3. The summed E-state index contributed by atoms with van der Waals surface area (Å²) in [5, 5.41) is 10.7. The molecule has 2 aliphatic carbocycles. The molecule has 3 fully saturated rings. The van der Waals surface area contributed by atoms with Crippen molar-refractivity contribution >= 4 is 29.2 Å². The lowest BCUT2D eigenvalue weighted by atomic mass is 9.80. The number of carbonyl (C=O) groups is 3. The molecular weight excluding hydrogens is 513 g/mol. The number of aromatic nitrogens is 3. The molecule has 1 unspecified atom stereocenters. The predicted molar refractivity (Wildman–Crippen MR) is 145 cm³/mol. The van der Waals surface area contributed by atoms with Gasteiger partial charge in [0, 0.05) is 48.4 Å². The first kappa shape index (κ1) is 24.7. The number of nitrogens with two attached hydrogens (primary N) is 1. The number of piperidine rings is 1. The van der Waals surface area contributed by atoms with Gasteiger partial charge in [0.05, 0.1) is 17.4 Å². The minimum absolute atomic E-state index is 0.0984. The van der Waals surface area contributed by atoms with Crippen molar-refractivity contribution in [3.8, 4) is 11.3 Å². The maximum absolute atomic E-state index is 13.7. The number of halogens is 1. The van der Waals surface area contributed by atoms with E-state index in [4.69, 9.17) is 10.8 Å². The number of fused-ring (bicyclic) bond motifs is 1. The zero-order valence-electron chi connectivity index (χ0n) is 21.9. The minimum Gasteiger partial charge on any atom is -0.385 e. The third-order valence-electron chi connectivity index (χ3n) is 8.58. The van der Waals surface area contributed by atoms with Crippen LogP contribution in [-0.4, -0.2) is 50.0 Å². The Hall–Kier alpha value is -4.28. The topological polar surface area (TPSA) is 135 Å². The van der Waals surface area contributed by atoms with Gasteiger partial charge in [-0.2, -0.15) is 5.10 Å². The Morgan fingerprint density at radius 2 is 1.90 bits per heavy atom. The standard InChI is InChI=1S/C29H30FN7O3/c30-22-5-6-23(33-27(22)31)21-14-37(35-26(21)16-1-2-16)19-9-15(10-19)12-32-18-4-3-17-13-36(29(40)20(17)11-18)24-7-8-25(38)34-28(24)39/h3-6,11,14-16,19,24,32H,1-2,7-10,12-13H2,(H2,31,33)(H,34,38,39). The summed E-state index contributed by atoms with van der Waals surface area (Å²) in [6.07, 6.45) is 6.79. The molecule has 4 aliphatic rings. The highest BCUT2D eigenvalue weighted by atomic mass is 19.1. The van der Waals surface area contributed by atoms with Crippen LogP contribution in [0.15, 0.2) is 36.5 Å². The number of pyridine rings is 1. The minimum atomic E-state index is -0.611. The average molecular weight is 544 g/mol. The smallest absolute Gasteiger partial charge is 0.255 e. The van der Waals surface area contributed by atoms with Crippen LogP contribution in [0, 0.1) is 11.7 Å².